The second-order valence-corrected chi connectivity index (χ2v) is 6.84. The van der Waals surface area contributed by atoms with Crippen LogP contribution in [0.1, 0.15) is 32.6 Å². The molecular formula is C13H24N2O2S. The van der Waals surface area contributed by atoms with Gasteiger partial charge in [-0.25, -0.2) is 0 Å². The second kappa shape index (κ2) is 6.26. The molecule has 18 heavy (non-hydrogen) atoms. The van der Waals surface area contributed by atoms with Crippen LogP contribution in [0.4, 0.5) is 0 Å². The number of amides is 1. The number of hydrogen-bond donors (Lipinski definition) is 3. The highest BCUT2D eigenvalue weighted by atomic mass is 32.2. The molecule has 5 heteroatoms. The number of aliphatic hydroxyl groups excluding tert-OH is 1. The van der Waals surface area contributed by atoms with Gasteiger partial charge < -0.3 is 15.7 Å². The average molecular weight is 272 g/mol. The van der Waals surface area contributed by atoms with Crippen molar-refractivity contribution in [2.75, 3.05) is 24.7 Å². The van der Waals surface area contributed by atoms with E-state index in [1.165, 1.54) is 0 Å². The van der Waals surface area contributed by atoms with Crippen molar-refractivity contribution >= 4 is 17.7 Å². The third-order valence-corrected chi connectivity index (χ3v) is 5.22. The highest BCUT2D eigenvalue weighted by molar-refractivity contribution is 7.99. The predicted molar refractivity (Wildman–Crippen MR) is 74.7 cm³/mol. The lowest BCUT2D eigenvalue weighted by molar-refractivity contribution is -0.126. The first-order valence-corrected chi connectivity index (χ1v) is 8.05. The summed E-state index contributed by atoms with van der Waals surface area (Å²) in [4.78, 5) is 12.2. The quantitative estimate of drug-likeness (QED) is 0.709. The van der Waals surface area contributed by atoms with Crippen LogP contribution in [0.15, 0.2) is 0 Å². The van der Waals surface area contributed by atoms with E-state index in [9.17, 15) is 9.90 Å². The largest absolute Gasteiger partial charge is 0.394 e. The lowest BCUT2D eigenvalue weighted by atomic mass is 9.77. The Labute approximate surface area is 113 Å². The maximum absolute atomic E-state index is 12.2. The Kier molecular flexibility index (Phi) is 4.92. The summed E-state index contributed by atoms with van der Waals surface area (Å²) >= 11 is 1.81. The molecule has 0 aromatic heterocycles. The summed E-state index contributed by atoms with van der Waals surface area (Å²) in [7, 11) is 0. The molecule has 2 aliphatic rings. The molecular weight excluding hydrogens is 248 g/mol. The summed E-state index contributed by atoms with van der Waals surface area (Å²) in [6.45, 7) is 3.19. The molecule has 1 atom stereocenters. The molecule has 1 aliphatic carbocycles. The Morgan fingerprint density at radius 2 is 2.22 bits per heavy atom. The van der Waals surface area contributed by atoms with Gasteiger partial charge in [-0.3, -0.25) is 4.79 Å². The van der Waals surface area contributed by atoms with Gasteiger partial charge in [-0.1, -0.05) is 6.92 Å². The first-order chi connectivity index (χ1) is 8.65. The van der Waals surface area contributed by atoms with Crippen LogP contribution in [0.2, 0.25) is 0 Å². The smallest absolute Gasteiger partial charge is 0.238 e. The van der Waals surface area contributed by atoms with Crippen molar-refractivity contribution < 1.29 is 9.90 Å². The van der Waals surface area contributed by atoms with Crippen LogP contribution in [0.25, 0.3) is 0 Å². The van der Waals surface area contributed by atoms with Gasteiger partial charge in [0.1, 0.15) is 0 Å². The molecule has 0 radical (unpaired) electrons. The van der Waals surface area contributed by atoms with E-state index in [4.69, 9.17) is 0 Å². The zero-order valence-corrected chi connectivity index (χ0v) is 11.9. The molecule has 0 aromatic rings. The SMILES string of the molecule is CC1CCC(CO)(NC(=O)C2CSCCN2)CC1. The van der Waals surface area contributed by atoms with E-state index < -0.39 is 0 Å². The van der Waals surface area contributed by atoms with Crippen LogP contribution in [0, 0.1) is 5.92 Å². The standard InChI is InChI=1S/C13H24N2O2S/c1-10-2-4-13(9-16,5-3-10)15-12(17)11-8-18-7-6-14-11/h10-11,14,16H,2-9H2,1H3,(H,15,17). The summed E-state index contributed by atoms with van der Waals surface area (Å²) in [6, 6.07) is -0.0912. The molecule has 1 saturated carbocycles. The van der Waals surface area contributed by atoms with Gasteiger partial charge in [-0.05, 0) is 31.6 Å². The maximum atomic E-state index is 12.2. The molecule has 1 aliphatic heterocycles. The first kappa shape index (κ1) is 14.2. The van der Waals surface area contributed by atoms with E-state index in [0.717, 1.165) is 43.7 Å². The molecule has 0 spiro atoms. The highest BCUT2D eigenvalue weighted by Crippen LogP contribution is 2.31. The van der Waals surface area contributed by atoms with Crippen molar-refractivity contribution in [3.63, 3.8) is 0 Å². The Morgan fingerprint density at radius 1 is 1.50 bits per heavy atom. The monoisotopic (exact) mass is 272 g/mol. The number of rotatable bonds is 3. The van der Waals surface area contributed by atoms with Gasteiger partial charge in [0.25, 0.3) is 0 Å². The molecule has 3 N–H and O–H groups in total. The van der Waals surface area contributed by atoms with E-state index in [1.807, 2.05) is 11.8 Å². The van der Waals surface area contributed by atoms with Gasteiger partial charge in [-0.15, -0.1) is 0 Å². The summed E-state index contributed by atoms with van der Waals surface area (Å²) in [5, 5.41) is 16.0. The molecule has 0 aromatic carbocycles. The lowest BCUT2D eigenvalue weighted by Crippen LogP contribution is -2.59. The van der Waals surface area contributed by atoms with Crippen molar-refractivity contribution in [3.8, 4) is 0 Å². The van der Waals surface area contributed by atoms with E-state index in [-0.39, 0.29) is 24.1 Å². The fraction of sp³-hybridized carbons (Fsp3) is 0.923. The number of nitrogens with one attached hydrogen (secondary N) is 2. The molecule has 1 amide bonds. The summed E-state index contributed by atoms with van der Waals surface area (Å²) in [5.74, 6) is 2.69. The zero-order chi connectivity index (χ0) is 13.0. The number of hydrogen-bond acceptors (Lipinski definition) is 4. The summed E-state index contributed by atoms with van der Waals surface area (Å²) in [5.41, 5.74) is -0.368. The Bertz CT molecular complexity index is 285. The second-order valence-electron chi connectivity index (χ2n) is 5.69. The van der Waals surface area contributed by atoms with E-state index >= 15 is 0 Å². The van der Waals surface area contributed by atoms with Crippen LogP contribution >= 0.6 is 11.8 Å². The normalized spacial score (nSPS) is 37.2. The van der Waals surface area contributed by atoms with Crippen LogP contribution in [0.3, 0.4) is 0 Å². The highest BCUT2D eigenvalue weighted by Gasteiger charge is 2.36. The van der Waals surface area contributed by atoms with Crippen LogP contribution in [-0.2, 0) is 4.79 Å². The minimum absolute atomic E-state index is 0.0608. The lowest BCUT2D eigenvalue weighted by Gasteiger charge is -2.40. The van der Waals surface area contributed by atoms with Crippen LogP contribution in [-0.4, -0.2) is 47.3 Å². The van der Waals surface area contributed by atoms with Crippen molar-refractivity contribution in [2.24, 2.45) is 5.92 Å². The molecule has 4 nitrogen and oxygen atoms in total. The van der Waals surface area contributed by atoms with Crippen LogP contribution in [0.5, 0.6) is 0 Å². The van der Waals surface area contributed by atoms with E-state index in [0.29, 0.717) is 5.92 Å². The predicted octanol–water partition coefficient (Wildman–Crippen LogP) is 0.749. The number of carbonyl (C=O) groups excluding carboxylic acids is 1. The fourth-order valence-electron chi connectivity index (χ4n) is 2.72. The third kappa shape index (κ3) is 3.39. The molecule has 2 fully saturated rings. The summed E-state index contributed by atoms with van der Waals surface area (Å²) < 4.78 is 0. The number of carbonyl (C=O) groups is 1. The maximum Gasteiger partial charge on any atom is 0.238 e. The molecule has 1 saturated heterocycles. The first-order valence-electron chi connectivity index (χ1n) is 6.89. The molecule has 1 unspecified atom stereocenters. The van der Waals surface area contributed by atoms with Gasteiger partial charge in [-0.2, -0.15) is 11.8 Å². The zero-order valence-electron chi connectivity index (χ0n) is 11.1. The van der Waals surface area contributed by atoms with Gasteiger partial charge in [0.05, 0.1) is 18.2 Å². The van der Waals surface area contributed by atoms with Crippen molar-refractivity contribution in [1.82, 2.24) is 10.6 Å². The molecule has 1 heterocycles. The fourth-order valence-corrected chi connectivity index (χ4v) is 3.65. The van der Waals surface area contributed by atoms with Gasteiger partial charge in [0, 0.05) is 18.1 Å². The van der Waals surface area contributed by atoms with Gasteiger partial charge in [0.2, 0.25) is 5.91 Å². The van der Waals surface area contributed by atoms with E-state index in [1.54, 1.807) is 0 Å². The molecule has 0 bridgehead atoms. The Balaban J connectivity index is 1.90. The number of thioether (sulfide) groups is 1. The molecule has 2 rings (SSSR count). The minimum Gasteiger partial charge on any atom is -0.394 e. The van der Waals surface area contributed by atoms with Crippen molar-refractivity contribution in [1.29, 1.82) is 0 Å². The average Bonchev–Trinajstić information content (AvgIpc) is 2.43. The van der Waals surface area contributed by atoms with Crippen molar-refractivity contribution in [2.45, 2.75) is 44.2 Å². The Morgan fingerprint density at radius 3 is 2.78 bits per heavy atom. The van der Waals surface area contributed by atoms with E-state index in [2.05, 4.69) is 17.6 Å². The minimum atomic E-state index is -0.368. The Hall–Kier alpha value is -0.260. The third-order valence-electron chi connectivity index (χ3n) is 4.16. The summed E-state index contributed by atoms with van der Waals surface area (Å²) in [6.07, 6.45) is 3.98. The topological polar surface area (TPSA) is 61.4 Å². The van der Waals surface area contributed by atoms with Crippen LogP contribution < -0.4 is 10.6 Å². The van der Waals surface area contributed by atoms with Gasteiger partial charge in [0.15, 0.2) is 0 Å². The van der Waals surface area contributed by atoms with Crippen molar-refractivity contribution in [3.05, 3.63) is 0 Å². The van der Waals surface area contributed by atoms with Gasteiger partial charge >= 0.3 is 0 Å². The number of aliphatic hydroxyl groups is 1. The molecule has 104 valence electrons.